The number of nitrogens with one attached hydrogen (secondary N) is 1. The number of aliphatic carboxylic acids is 1. The van der Waals surface area contributed by atoms with Crippen molar-refractivity contribution >= 4 is 5.97 Å². The molecule has 0 bridgehead atoms. The van der Waals surface area contributed by atoms with Crippen LogP contribution in [-0.4, -0.2) is 72.7 Å². The molecule has 0 rings (SSSR count). The van der Waals surface area contributed by atoms with Crippen molar-refractivity contribution in [2.45, 2.75) is 39.7 Å². The number of hydrogen-bond donors (Lipinski definition) is 2. The Labute approximate surface area is 118 Å². The Morgan fingerprint density at radius 2 is 1.58 bits per heavy atom. The van der Waals surface area contributed by atoms with Crippen LogP contribution < -0.4 is 5.32 Å². The predicted molar refractivity (Wildman–Crippen MR) is 79.6 cm³/mol. The first-order chi connectivity index (χ1) is 8.93. The van der Waals surface area contributed by atoms with E-state index in [-0.39, 0.29) is 0 Å². The topological polar surface area (TPSA) is 55.8 Å². The van der Waals surface area contributed by atoms with Crippen molar-refractivity contribution in [2.75, 3.05) is 46.3 Å². The molecule has 19 heavy (non-hydrogen) atoms. The van der Waals surface area contributed by atoms with Crippen molar-refractivity contribution < 1.29 is 9.90 Å². The van der Waals surface area contributed by atoms with Gasteiger partial charge in [-0.3, -0.25) is 4.79 Å². The van der Waals surface area contributed by atoms with Crippen molar-refractivity contribution in [1.82, 2.24) is 15.1 Å². The molecule has 0 spiro atoms. The summed E-state index contributed by atoms with van der Waals surface area (Å²) in [5.41, 5.74) is -0.870. The van der Waals surface area contributed by atoms with Crippen LogP contribution in [0.1, 0.15) is 34.1 Å². The normalized spacial score (nSPS) is 14.9. The molecule has 114 valence electrons. The van der Waals surface area contributed by atoms with Crippen LogP contribution >= 0.6 is 0 Å². The summed E-state index contributed by atoms with van der Waals surface area (Å²) in [4.78, 5) is 15.9. The molecule has 0 aliphatic carbocycles. The fourth-order valence-electron chi connectivity index (χ4n) is 2.11. The Balaban J connectivity index is 4.24. The standard InChI is InChI=1S/C14H31N3O2/c1-6-16(7-2)10-9-11-17(8-3)12-14(4,15-5)13(18)19/h15H,6-12H2,1-5H3,(H,18,19). The third-order valence-corrected chi connectivity index (χ3v) is 3.85. The lowest BCUT2D eigenvalue weighted by molar-refractivity contribution is -0.144. The molecule has 0 aromatic heterocycles. The van der Waals surface area contributed by atoms with Gasteiger partial charge in [0.1, 0.15) is 5.54 Å². The van der Waals surface area contributed by atoms with Gasteiger partial charge in [-0.2, -0.15) is 0 Å². The van der Waals surface area contributed by atoms with Crippen molar-refractivity contribution in [3.63, 3.8) is 0 Å². The van der Waals surface area contributed by atoms with Crippen LogP contribution in [0.4, 0.5) is 0 Å². The summed E-state index contributed by atoms with van der Waals surface area (Å²) in [7, 11) is 1.71. The van der Waals surface area contributed by atoms with E-state index >= 15 is 0 Å². The number of likely N-dealkylation sites (N-methyl/N-ethyl adjacent to an activating group) is 2. The first-order valence-corrected chi connectivity index (χ1v) is 7.30. The molecular formula is C14H31N3O2. The maximum absolute atomic E-state index is 11.3. The predicted octanol–water partition coefficient (Wildman–Crippen LogP) is 1.10. The van der Waals surface area contributed by atoms with Gasteiger partial charge < -0.3 is 20.2 Å². The lowest BCUT2D eigenvalue weighted by atomic mass is 10.0. The molecule has 0 heterocycles. The third kappa shape index (κ3) is 6.36. The van der Waals surface area contributed by atoms with E-state index in [9.17, 15) is 9.90 Å². The molecule has 0 saturated heterocycles. The van der Waals surface area contributed by atoms with Crippen molar-refractivity contribution in [1.29, 1.82) is 0 Å². The average Bonchev–Trinajstić information content (AvgIpc) is 2.41. The smallest absolute Gasteiger partial charge is 0.324 e. The van der Waals surface area contributed by atoms with E-state index in [0.717, 1.165) is 39.1 Å². The zero-order chi connectivity index (χ0) is 14.9. The average molecular weight is 273 g/mol. The highest BCUT2D eigenvalue weighted by Crippen LogP contribution is 2.07. The summed E-state index contributed by atoms with van der Waals surface area (Å²) in [6.07, 6.45) is 1.08. The summed E-state index contributed by atoms with van der Waals surface area (Å²) in [6, 6.07) is 0. The number of rotatable bonds is 11. The molecule has 0 aromatic rings. The van der Waals surface area contributed by atoms with Crippen molar-refractivity contribution in [2.24, 2.45) is 0 Å². The Morgan fingerprint density at radius 1 is 1.11 bits per heavy atom. The zero-order valence-electron chi connectivity index (χ0n) is 13.2. The van der Waals surface area contributed by atoms with Gasteiger partial charge in [0.25, 0.3) is 0 Å². The fraction of sp³-hybridized carbons (Fsp3) is 0.929. The molecule has 1 unspecified atom stereocenters. The SMILES string of the molecule is CCN(CC)CCCN(CC)CC(C)(NC)C(=O)O. The molecule has 1 atom stereocenters. The summed E-state index contributed by atoms with van der Waals surface area (Å²) in [5.74, 6) is -0.794. The minimum Gasteiger partial charge on any atom is -0.480 e. The number of nitrogens with zero attached hydrogens (tertiary/aromatic N) is 2. The van der Waals surface area contributed by atoms with Gasteiger partial charge in [-0.1, -0.05) is 20.8 Å². The van der Waals surface area contributed by atoms with Crippen molar-refractivity contribution in [3.05, 3.63) is 0 Å². The molecule has 5 nitrogen and oxygen atoms in total. The maximum atomic E-state index is 11.3. The summed E-state index contributed by atoms with van der Waals surface area (Å²) in [6.45, 7) is 13.7. The van der Waals surface area contributed by atoms with Gasteiger partial charge in [-0.25, -0.2) is 0 Å². The van der Waals surface area contributed by atoms with Crippen LogP contribution in [-0.2, 0) is 4.79 Å². The highest BCUT2D eigenvalue weighted by atomic mass is 16.4. The molecule has 0 aliphatic rings. The van der Waals surface area contributed by atoms with Crippen LogP contribution in [0.15, 0.2) is 0 Å². The molecule has 0 aliphatic heterocycles. The van der Waals surface area contributed by atoms with Gasteiger partial charge in [-0.05, 0) is 53.1 Å². The lowest BCUT2D eigenvalue weighted by Crippen LogP contribution is -2.55. The van der Waals surface area contributed by atoms with Gasteiger partial charge in [0, 0.05) is 6.54 Å². The van der Waals surface area contributed by atoms with Gasteiger partial charge in [0.15, 0.2) is 0 Å². The minimum absolute atomic E-state index is 0.535. The Kier molecular flexibility index (Phi) is 8.97. The van der Waals surface area contributed by atoms with E-state index in [1.54, 1.807) is 14.0 Å². The quantitative estimate of drug-likeness (QED) is 0.590. The van der Waals surface area contributed by atoms with E-state index in [2.05, 4.69) is 35.9 Å². The van der Waals surface area contributed by atoms with Crippen molar-refractivity contribution in [3.8, 4) is 0 Å². The fourth-order valence-corrected chi connectivity index (χ4v) is 2.11. The maximum Gasteiger partial charge on any atom is 0.324 e. The highest BCUT2D eigenvalue weighted by molar-refractivity contribution is 5.78. The number of hydrogen-bond acceptors (Lipinski definition) is 4. The van der Waals surface area contributed by atoms with E-state index in [0.29, 0.717) is 6.54 Å². The molecular weight excluding hydrogens is 242 g/mol. The first-order valence-electron chi connectivity index (χ1n) is 7.30. The van der Waals surface area contributed by atoms with Crippen LogP contribution in [0.2, 0.25) is 0 Å². The van der Waals surface area contributed by atoms with E-state index < -0.39 is 11.5 Å². The van der Waals surface area contributed by atoms with Gasteiger partial charge in [0.05, 0.1) is 0 Å². The third-order valence-electron chi connectivity index (χ3n) is 3.85. The van der Waals surface area contributed by atoms with E-state index in [4.69, 9.17) is 0 Å². The molecule has 5 heteroatoms. The van der Waals surface area contributed by atoms with Gasteiger partial charge in [0.2, 0.25) is 0 Å². The molecule has 0 aromatic carbocycles. The summed E-state index contributed by atoms with van der Waals surface area (Å²) in [5, 5.41) is 12.2. The van der Waals surface area contributed by atoms with Crippen LogP contribution in [0.5, 0.6) is 0 Å². The largest absolute Gasteiger partial charge is 0.480 e. The van der Waals surface area contributed by atoms with Crippen LogP contribution in [0.3, 0.4) is 0 Å². The van der Waals surface area contributed by atoms with Gasteiger partial charge >= 0.3 is 5.97 Å². The summed E-state index contributed by atoms with van der Waals surface area (Å²) < 4.78 is 0. The van der Waals surface area contributed by atoms with Crippen LogP contribution in [0, 0.1) is 0 Å². The monoisotopic (exact) mass is 273 g/mol. The summed E-state index contributed by atoms with van der Waals surface area (Å²) >= 11 is 0. The molecule has 0 radical (unpaired) electrons. The number of carboxylic acids is 1. The number of carboxylic acid groups (broad SMARTS) is 1. The zero-order valence-corrected chi connectivity index (χ0v) is 13.2. The Bertz CT molecular complexity index is 257. The molecule has 2 N–H and O–H groups in total. The van der Waals surface area contributed by atoms with Crippen LogP contribution in [0.25, 0.3) is 0 Å². The Hall–Kier alpha value is -0.650. The highest BCUT2D eigenvalue weighted by Gasteiger charge is 2.32. The second-order valence-electron chi connectivity index (χ2n) is 5.14. The Morgan fingerprint density at radius 3 is 1.95 bits per heavy atom. The second kappa shape index (κ2) is 9.28. The van der Waals surface area contributed by atoms with E-state index in [1.165, 1.54) is 0 Å². The van der Waals surface area contributed by atoms with Gasteiger partial charge in [-0.15, -0.1) is 0 Å². The second-order valence-corrected chi connectivity index (χ2v) is 5.14. The molecule has 0 fully saturated rings. The minimum atomic E-state index is -0.870. The molecule has 0 amide bonds. The van der Waals surface area contributed by atoms with E-state index in [1.807, 2.05) is 0 Å². The molecule has 0 saturated carbocycles. The first kappa shape index (κ1) is 18.4. The lowest BCUT2D eigenvalue weighted by Gasteiger charge is -2.32. The number of carbonyl (C=O) groups is 1.